The molecule has 7 heteroatoms. The van der Waals surface area contributed by atoms with E-state index in [2.05, 4.69) is 24.0 Å². The zero-order valence-corrected chi connectivity index (χ0v) is 15.9. The highest BCUT2D eigenvalue weighted by Crippen LogP contribution is 2.43. The zero-order chi connectivity index (χ0) is 18.7. The van der Waals surface area contributed by atoms with Gasteiger partial charge >= 0.3 is 0 Å². The normalized spacial score (nSPS) is 19.4. The van der Waals surface area contributed by atoms with Crippen LogP contribution in [0.15, 0.2) is 48.5 Å². The van der Waals surface area contributed by atoms with Crippen molar-refractivity contribution < 1.29 is 13.2 Å². The van der Waals surface area contributed by atoms with Gasteiger partial charge in [0.25, 0.3) is 10.2 Å². The Labute approximate surface area is 155 Å². The Hall–Kier alpha value is -1.93. The van der Waals surface area contributed by atoms with Gasteiger partial charge in [-0.1, -0.05) is 43.3 Å². The maximum Gasteiger partial charge on any atom is 0.277 e. The lowest BCUT2D eigenvalue weighted by Crippen LogP contribution is -2.52. The fourth-order valence-electron chi connectivity index (χ4n) is 3.30. The molecule has 1 unspecified atom stereocenters. The van der Waals surface area contributed by atoms with Crippen LogP contribution in [0, 0.1) is 0 Å². The molecule has 1 fully saturated rings. The molecule has 0 aromatic heterocycles. The van der Waals surface area contributed by atoms with Crippen LogP contribution in [0.1, 0.15) is 18.5 Å². The lowest BCUT2D eigenvalue weighted by molar-refractivity contribution is 0.124. The molecule has 1 saturated heterocycles. The van der Waals surface area contributed by atoms with Crippen LogP contribution < -0.4 is 9.88 Å². The van der Waals surface area contributed by atoms with Gasteiger partial charge in [0.05, 0.1) is 7.11 Å². The number of nitrogens with zero attached hydrogens (tertiary/aromatic N) is 2. The molecular formula is C19H25N3O3S. The van der Waals surface area contributed by atoms with Gasteiger partial charge in [-0.15, -0.1) is 0 Å². The van der Waals surface area contributed by atoms with Crippen LogP contribution in [0.4, 0.5) is 0 Å². The number of piperazine rings is 1. The van der Waals surface area contributed by atoms with Gasteiger partial charge in [0.15, 0.2) is 0 Å². The monoisotopic (exact) mass is 375 g/mol. The number of hydrogen-bond acceptors (Lipinski definition) is 4. The molecule has 6 nitrogen and oxygen atoms in total. The summed E-state index contributed by atoms with van der Waals surface area (Å²) in [6.07, 6.45) is 0. The fraction of sp³-hybridized carbons (Fsp3) is 0.368. The summed E-state index contributed by atoms with van der Waals surface area (Å²) < 4.78 is 29.3. The Bertz CT molecular complexity index is 856. The molecule has 140 valence electrons. The minimum atomic E-state index is -3.59. The Morgan fingerprint density at radius 3 is 2.35 bits per heavy atom. The van der Waals surface area contributed by atoms with Crippen molar-refractivity contribution in [2.75, 3.05) is 33.3 Å². The molecule has 1 aromatic carbocycles. The molecule has 2 N–H and O–H groups in total. The van der Waals surface area contributed by atoms with Crippen molar-refractivity contribution in [1.82, 2.24) is 9.21 Å². The number of ether oxygens (including phenoxy) is 1. The number of hydrogen-bond donors (Lipinski definition) is 1. The molecule has 1 heterocycles. The van der Waals surface area contributed by atoms with E-state index in [0.717, 1.165) is 17.9 Å². The SMILES string of the molecule is CCN1CCN(S(N)(=O)=O)CC1c1ccccc1.COc1ccc2cc1-2. The van der Waals surface area contributed by atoms with Crippen LogP contribution in [-0.4, -0.2) is 50.9 Å². The molecular weight excluding hydrogens is 350 g/mol. The van der Waals surface area contributed by atoms with Gasteiger partial charge in [-0.25, -0.2) is 5.14 Å². The van der Waals surface area contributed by atoms with Crippen LogP contribution in [0.25, 0.3) is 11.1 Å². The number of rotatable bonds is 4. The third-order valence-electron chi connectivity index (χ3n) is 4.83. The van der Waals surface area contributed by atoms with E-state index < -0.39 is 10.2 Å². The lowest BCUT2D eigenvalue weighted by atomic mass is 10.0. The van der Waals surface area contributed by atoms with E-state index in [1.807, 2.05) is 36.4 Å². The third kappa shape index (κ3) is 4.24. The molecule has 1 atom stereocenters. The van der Waals surface area contributed by atoms with Crippen molar-refractivity contribution in [3.8, 4) is 16.9 Å². The molecule has 2 aliphatic carbocycles. The predicted molar refractivity (Wildman–Crippen MR) is 103 cm³/mol. The van der Waals surface area contributed by atoms with E-state index in [4.69, 9.17) is 9.88 Å². The largest absolute Gasteiger partial charge is 0.496 e. The zero-order valence-electron chi connectivity index (χ0n) is 15.1. The minimum absolute atomic E-state index is 0.0864. The first-order chi connectivity index (χ1) is 12.4. The van der Waals surface area contributed by atoms with Crippen LogP contribution in [0.3, 0.4) is 0 Å². The minimum Gasteiger partial charge on any atom is -0.496 e. The molecule has 1 aromatic rings. The maximum atomic E-state index is 11.4. The van der Waals surface area contributed by atoms with Gasteiger partial charge in [0, 0.05) is 31.2 Å². The van der Waals surface area contributed by atoms with Gasteiger partial charge in [-0.2, -0.15) is 12.7 Å². The molecule has 0 radical (unpaired) electrons. The first kappa shape index (κ1) is 18.8. The van der Waals surface area contributed by atoms with Gasteiger partial charge < -0.3 is 4.74 Å². The molecule has 4 rings (SSSR count). The summed E-state index contributed by atoms with van der Waals surface area (Å²) in [5, 5.41) is 5.22. The van der Waals surface area contributed by atoms with Crippen LogP contribution in [0.5, 0.6) is 5.75 Å². The summed E-state index contributed by atoms with van der Waals surface area (Å²) in [5.74, 6) is 1.01. The Balaban J connectivity index is 0.000000201. The molecule has 0 amide bonds. The molecule has 1 aliphatic heterocycles. The van der Waals surface area contributed by atoms with Crippen molar-refractivity contribution in [2.45, 2.75) is 13.0 Å². The molecule has 0 spiro atoms. The summed E-state index contributed by atoms with van der Waals surface area (Å²) >= 11 is 0. The predicted octanol–water partition coefficient (Wildman–Crippen LogP) is 2.24. The van der Waals surface area contributed by atoms with E-state index in [9.17, 15) is 8.42 Å². The maximum absolute atomic E-state index is 11.4. The first-order valence-electron chi connectivity index (χ1n) is 8.69. The van der Waals surface area contributed by atoms with Crippen molar-refractivity contribution in [1.29, 1.82) is 0 Å². The van der Waals surface area contributed by atoms with Crippen molar-refractivity contribution in [3.63, 3.8) is 0 Å². The van der Waals surface area contributed by atoms with Gasteiger partial charge in [0.1, 0.15) is 5.75 Å². The number of nitrogens with two attached hydrogens (primary N) is 1. The molecule has 0 saturated carbocycles. The Morgan fingerprint density at radius 2 is 1.88 bits per heavy atom. The van der Waals surface area contributed by atoms with Crippen molar-refractivity contribution in [3.05, 3.63) is 54.1 Å². The molecule has 0 bridgehead atoms. The van der Waals surface area contributed by atoms with Crippen molar-refractivity contribution in [2.24, 2.45) is 5.14 Å². The second-order valence-corrected chi connectivity index (χ2v) is 7.92. The van der Waals surface area contributed by atoms with E-state index in [1.54, 1.807) is 7.11 Å². The Kier molecular flexibility index (Phi) is 5.62. The fourth-order valence-corrected chi connectivity index (χ4v) is 3.99. The average Bonchev–Trinajstić information content (AvgIpc) is 3.32. The van der Waals surface area contributed by atoms with E-state index >= 15 is 0 Å². The summed E-state index contributed by atoms with van der Waals surface area (Å²) in [6, 6.07) is 16.2. The van der Waals surface area contributed by atoms with Crippen LogP contribution in [0.2, 0.25) is 0 Å². The number of likely N-dealkylation sites (N-methyl/N-ethyl adjacent to an activating group) is 1. The topological polar surface area (TPSA) is 75.9 Å². The van der Waals surface area contributed by atoms with Gasteiger partial charge in [0.2, 0.25) is 0 Å². The standard InChI is InChI=1S/C12H19N3O2S.C7H6O/c1-2-14-8-9-15(18(13,16)17)10-12(14)11-6-4-3-5-7-11;1-8-7-3-2-5-4-6(5)7/h3-7,12H,2,8-10H2,1H3,(H2,13,16,17);2-4H,1H3. The summed E-state index contributed by atoms with van der Waals surface area (Å²) in [4.78, 5) is 2.27. The highest BCUT2D eigenvalue weighted by molar-refractivity contribution is 7.86. The highest BCUT2D eigenvalue weighted by Gasteiger charge is 2.31. The van der Waals surface area contributed by atoms with Gasteiger partial charge in [-0.05, 0) is 29.8 Å². The quantitative estimate of drug-likeness (QED) is 0.759. The third-order valence-corrected chi connectivity index (χ3v) is 5.88. The van der Waals surface area contributed by atoms with Crippen molar-refractivity contribution >= 4 is 10.2 Å². The summed E-state index contributed by atoms with van der Waals surface area (Å²) in [7, 11) is -1.90. The molecule has 3 aliphatic rings. The molecule has 26 heavy (non-hydrogen) atoms. The second-order valence-electron chi connectivity index (χ2n) is 6.37. The van der Waals surface area contributed by atoms with Crippen LogP contribution >= 0.6 is 0 Å². The van der Waals surface area contributed by atoms with Crippen LogP contribution in [-0.2, 0) is 10.2 Å². The number of methoxy groups -OCH3 is 1. The average molecular weight is 375 g/mol. The summed E-state index contributed by atoms with van der Waals surface area (Å²) in [6.45, 7) is 4.60. The smallest absolute Gasteiger partial charge is 0.277 e. The van der Waals surface area contributed by atoms with E-state index in [0.29, 0.717) is 19.6 Å². The lowest BCUT2D eigenvalue weighted by Gasteiger charge is -2.39. The summed E-state index contributed by atoms with van der Waals surface area (Å²) in [5.41, 5.74) is 3.75. The highest BCUT2D eigenvalue weighted by atomic mass is 32.2. The van der Waals surface area contributed by atoms with E-state index in [-0.39, 0.29) is 6.04 Å². The van der Waals surface area contributed by atoms with Gasteiger partial charge in [-0.3, -0.25) is 4.90 Å². The van der Waals surface area contributed by atoms with E-state index in [1.165, 1.54) is 15.4 Å². The Morgan fingerprint density at radius 1 is 1.15 bits per heavy atom. The first-order valence-corrected chi connectivity index (χ1v) is 10.2. The second kappa shape index (κ2) is 7.75. The number of fused-ring (bicyclic) bond motifs is 1. The number of benzene rings is 2.